The number of carboxylic acids is 1. The minimum absolute atomic E-state index is 0.247. The molecule has 1 aromatic carbocycles. The Balaban J connectivity index is 2.41. The van der Waals surface area contributed by atoms with Gasteiger partial charge in [0.25, 0.3) is 0 Å². The zero-order valence-corrected chi connectivity index (χ0v) is 8.86. The molecule has 0 unspecified atom stereocenters. The van der Waals surface area contributed by atoms with Crippen LogP contribution in [0.5, 0.6) is 0 Å². The Hall–Kier alpha value is -2.24. The van der Waals surface area contributed by atoms with Gasteiger partial charge in [-0.3, -0.25) is 0 Å². The van der Waals surface area contributed by atoms with Gasteiger partial charge in [-0.2, -0.15) is 13.2 Å². The number of rotatable bonds is 2. The molecule has 0 saturated heterocycles. The molecular formula is C12H7F3O3. The molecule has 1 aromatic heterocycles. The molecule has 0 radical (unpaired) electrons. The average molecular weight is 256 g/mol. The van der Waals surface area contributed by atoms with Gasteiger partial charge in [-0.25, -0.2) is 4.79 Å². The van der Waals surface area contributed by atoms with E-state index in [4.69, 9.17) is 9.52 Å². The van der Waals surface area contributed by atoms with Crippen LogP contribution in [-0.4, -0.2) is 11.1 Å². The molecule has 94 valence electrons. The van der Waals surface area contributed by atoms with E-state index in [1.165, 1.54) is 24.5 Å². The van der Waals surface area contributed by atoms with Crippen molar-refractivity contribution >= 4 is 5.97 Å². The minimum Gasteiger partial charge on any atom is -0.475 e. The lowest BCUT2D eigenvalue weighted by molar-refractivity contribution is -0.137. The highest BCUT2D eigenvalue weighted by Gasteiger charge is 2.30. The van der Waals surface area contributed by atoms with Gasteiger partial charge in [-0.05, 0) is 23.8 Å². The van der Waals surface area contributed by atoms with Gasteiger partial charge < -0.3 is 9.52 Å². The summed E-state index contributed by atoms with van der Waals surface area (Å²) in [6.07, 6.45) is -3.24. The van der Waals surface area contributed by atoms with E-state index in [-0.39, 0.29) is 11.3 Å². The maximum atomic E-state index is 12.4. The van der Waals surface area contributed by atoms with Crippen LogP contribution in [0.15, 0.2) is 41.0 Å². The van der Waals surface area contributed by atoms with Crippen molar-refractivity contribution in [3.63, 3.8) is 0 Å². The SMILES string of the molecule is O=C(O)c1occc1-c1ccc(C(F)(F)F)cc1. The molecule has 0 aliphatic heterocycles. The van der Waals surface area contributed by atoms with Gasteiger partial charge in [0.2, 0.25) is 5.76 Å². The molecule has 1 N–H and O–H groups in total. The first kappa shape index (κ1) is 12.2. The second kappa shape index (κ2) is 4.21. The second-order valence-corrected chi connectivity index (χ2v) is 3.54. The second-order valence-electron chi connectivity index (χ2n) is 3.54. The number of furan rings is 1. The Morgan fingerprint density at radius 3 is 2.22 bits per heavy atom. The van der Waals surface area contributed by atoms with Crippen molar-refractivity contribution in [3.8, 4) is 11.1 Å². The van der Waals surface area contributed by atoms with E-state index < -0.39 is 17.7 Å². The van der Waals surface area contributed by atoms with Crippen LogP contribution in [0.4, 0.5) is 13.2 Å². The van der Waals surface area contributed by atoms with Crippen molar-refractivity contribution in [2.45, 2.75) is 6.18 Å². The maximum absolute atomic E-state index is 12.4. The van der Waals surface area contributed by atoms with Crippen LogP contribution in [0.2, 0.25) is 0 Å². The summed E-state index contributed by atoms with van der Waals surface area (Å²) in [6, 6.07) is 5.61. The van der Waals surface area contributed by atoms with Gasteiger partial charge in [-0.1, -0.05) is 12.1 Å². The Bertz CT molecular complexity index is 567. The lowest BCUT2D eigenvalue weighted by Gasteiger charge is -2.07. The third kappa shape index (κ3) is 2.22. The zero-order valence-electron chi connectivity index (χ0n) is 8.86. The topological polar surface area (TPSA) is 50.4 Å². The van der Waals surface area contributed by atoms with E-state index >= 15 is 0 Å². The molecule has 0 amide bonds. The predicted molar refractivity (Wildman–Crippen MR) is 56.1 cm³/mol. The summed E-state index contributed by atoms with van der Waals surface area (Å²) in [6.45, 7) is 0. The van der Waals surface area contributed by atoms with Crippen molar-refractivity contribution in [3.05, 3.63) is 47.9 Å². The molecule has 3 nitrogen and oxygen atoms in total. The van der Waals surface area contributed by atoms with Crippen LogP contribution in [0.1, 0.15) is 16.1 Å². The lowest BCUT2D eigenvalue weighted by atomic mass is 10.0. The fourth-order valence-electron chi connectivity index (χ4n) is 1.54. The number of hydrogen-bond acceptors (Lipinski definition) is 2. The minimum atomic E-state index is -4.41. The monoisotopic (exact) mass is 256 g/mol. The zero-order chi connectivity index (χ0) is 13.3. The molecule has 0 aliphatic rings. The van der Waals surface area contributed by atoms with Crippen LogP contribution in [0.3, 0.4) is 0 Å². The van der Waals surface area contributed by atoms with Crippen LogP contribution < -0.4 is 0 Å². The molecule has 1 heterocycles. The van der Waals surface area contributed by atoms with Crippen molar-refractivity contribution in [2.24, 2.45) is 0 Å². The van der Waals surface area contributed by atoms with E-state index in [1.54, 1.807) is 0 Å². The molecule has 0 spiro atoms. The van der Waals surface area contributed by atoms with Crippen molar-refractivity contribution in [1.82, 2.24) is 0 Å². The fourth-order valence-corrected chi connectivity index (χ4v) is 1.54. The van der Waals surface area contributed by atoms with Gasteiger partial charge in [0.15, 0.2) is 0 Å². The highest BCUT2D eigenvalue weighted by Crippen LogP contribution is 2.32. The summed E-state index contributed by atoms with van der Waals surface area (Å²) >= 11 is 0. The van der Waals surface area contributed by atoms with E-state index in [0.29, 0.717) is 5.56 Å². The van der Waals surface area contributed by atoms with Gasteiger partial charge in [-0.15, -0.1) is 0 Å². The molecule has 6 heteroatoms. The summed E-state index contributed by atoms with van der Waals surface area (Å²) in [4.78, 5) is 10.8. The van der Waals surface area contributed by atoms with Crippen LogP contribution in [0, 0.1) is 0 Å². The summed E-state index contributed by atoms with van der Waals surface area (Å²) in [5, 5.41) is 8.83. The number of carbonyl (C=O) groups is 1. The van der Waals surface area contributed by atoms with E-state index in [9.17, 15) is 18.0 Å². The molecule has 0 fully saturated rings. The number of carboxylic acid groups (broad SMARTS) is 1. The number of benzene rings is 1. The Morgan fingerprint density at radius 2 is 1.72 bits per heavy atom. The molecule has 2 aromatic rings. The first-order chi connectivity index (χ1) is 8.39. The average Bonchev–Trinajstić information content (AvgIpc) is 2.77. The number of alkyl halides is 3. The quantitative estimate of drug-likeness (QED) is 0.891. The van der Waals surface area contributed by atoms with Crippen LogP contribution >= 0.6 is 0 Å². The smallest absolute Gasteiger partial charge is 0.416 e. The van der Waals surface area contributed by atoms with E-state index in [0.717, 1.165) is 12.1 Å². The summed E-state index contributed by atoms with van der Waals surface area (Å²) in [7, 11) is 0. The Kier molecular flexibility index (Phi) is 2.86. The maximum Gasteiger partial charge on any atom is 0.416 e. The summed E-state index contributed by atoms with van der Waals surface area (Å²) < 4.78 is 41.8. The van der Waals surface area contributed by atoms with Gasteiger partial charge in [0, 0.05) is 5.56 Å². The lowest BCUT2D eigenvalue weighted by Crippen LogP contribution is -2.04. The normalized spacial score (nSPS) is 11.5. The number of halogens is 3. The van der Waals surface area contributed by atoms with E-state index in [2.05, 4.69) is 0 Å². The van der Waals surface area contributed by atoms with Crippen molar-refractivity contribution < 1.29 is 27.5 Å². The number of hydrogen-bond donors (Lipinski definition) is 1. The first-order valence-corrected chi connectivity index (χ1v) is 4.88. The van der Waals surface area contributed by atoms with Crippen molar-refractivity contribution in [2.75, 3.05) is 0 Å². The summed E-state index contributed by atoms with van der Waals surface area (Å²) in [5.41, 5.74) is -0.183. The molecule has 18 heavy (non-hydrogen) atoms. The Labute approximate surface area is 99.5 Å². The first-order valence-electron chi connectivity index (χ1n) is 4.88. The highest BCUT2D eigenvalue weighted by molar-refractivity contribution is 5.93. The molecule has 0 atom stereocenters. The van der Waals surface area contributed by atoms with Gasteiger partial charge in [0.1, 0.15) is 0 Å². The summed E-state index contributed by atoms with van der Waals surface area (Å²) in [5.74, 6) is -1.57. The third-order valence-corrected chi connectivity index (χ3v) is 2.38. The molecule has 0 saturated carbocycles. The van der Waals surface area contributed by atoms with Crippen LogP contribution in [0.25, 0.3) is 11.1 Å². The third-order valence-electron chi connectivity index (χ3n) is 2.38. The van der Waals surface area contributed by atoms with Crippen LogP contribution in [-0.2, 0) is 6.18 Å². The molecule has 0 bridgehead atoms. The largest absolute Gasteiger partial charge is 0.475 e. The predicted octanol–water partition coefficient (Wildman–Crippen LogP) is 3.66. The standard InChI is InChI=1S/C12H7F3O3/c13-12(14,15)8-3-1-7(2-4-8)9-5-6-18-10(9)11(16)17/h1-6H,(H,16,17). The molecule has 2 rings (SSSR count). The van der Waals surface area contributed by atoms with E-state index in [1.807, 2.05) is 0 Å². The number of aromatic carboxylic acids is 1. The molecular weight excluding hydrogens is 249 g/mol. The fraction of sp³-hybridized carbons (Fsp3) is 0.0833. The molecule has 0 aliphatic carbocycles. The Morgan fingerprint density at radius 1 is 1.11 bits per heavy atom. The van der Waals surface area contributed by atoms with Gasteiger partial charge in [0.05, 0.1) is 11.8 Å². The highest BCUT2D eigenvalue weighted by atomic mass is 19.4. The van der Waals surface area contributed by atoms with Gasteiger partial charge >= 0.3 is 12.1 Å². The van der Waals surface area contributed by atoms with Crippen molar-refractivity contribution in [1.29, 1.82) is 0 Å².